The van der Waals surface area contributed by atoms with Gasteiger partial charge in [-0.25, -0.2) is 0 Å². The number of aliphatic imine (C=N–C) groups is 1. The van der Waals surface area contributed by atoms with Gasteiger partial charge in [-0.1, -0.05) is 6.92 Å². The van der Waals surface area contributed by atoms with Crippen LogP contribution >= 0.6 is 0 Å². The van der Waals surface area contributed by atoms with Gasteiger partial charge in [-0.05, 0) is 24.8 Å². The summed E-state index contributed by atoms with van der Waals surface area (Å²) in [7, 11) is 0. The highest BCUT2D eigenvalue weighted by Crippen LogP contribution is 2.15. The summed E-state index contributed by atoms with van der Waals surface area (Å²) in [6.45, 7) is 5.86. The lowest BCUT2D eigenvalue weighted by Gasteiger charge is -2.31. The molecule has 0 spiro atoms. The highest BCUT2D eigenvalue weighted by Gasteiger charge is 2.16. The highest BCUT2D eigenvalue weighted by molar-refractivity contribution is 5.78. The van der Waals surface area contributed by atoms with E-state index in [0.717, 1.165) is 25.6 Å². The zero-order valence-corrected chi connectivity index (χ0v) is 10.4. The van der Waals surface area contributed by atoms with Crippen LogP contribution in [0.15, 0.2) is 23.5 Å². The van der Waals surface area contributed by atoms with Crippen LogP contribution in [0.3, 0.4) is 0 Å². The third-order valence-electron chi connectivity index (χ3n) is 3.27. The topological polar surface area (TPSA) is 59.4 Å². The predicted molar refractivity (Wildman–Crippen MR) is 68.7 cm³/mol. The molecule has 1 aromatic rings. The van der Waals surface area contributed by atoms with Crippen LogP contribution in [0.25, 0.3) is 0 Å². The van der Waals surface area contributed by atoms with Crippen molar-refractivity contribution in [2.45, 2.75) is 26.3 Å². The quantitative estimate of drug-likeness (QED) is 0.626. The number of nitrogens with two attached hydrogens (primary N) is 1. The van der Waals surface area contributed by atoms with Crippen LogP contribution in [0.1, 0.15) is 19.8 Å². The van der Waals surface area contributed by atoms with Gasteiger partial charge in [-0.15, -0.1) is 0 Å². The first-order valence-electron chi connectivity index (χ1n) is 6.28. The van der Waals surface area contributed by atoms with E-state index in [9.17, 15) is 0 Å². The maximum absolute atomic E-state index is 5.98. The Morgan fingerprint density at radius 1 is 1.47 bits per heavy atom. The highest BCUT2D eigenvalue weighted by atomic mass is 15.3. The van der Waals surface area contributed by atoms with Gasteiger partial charge in [0.15, 0.2) is 5.96 Å². The molecule has 1 saturated heterocycles. The van der Waals surface area contributed by atoms with E-state index < -0.39 is 0 Å². The molecule has 0 bridgehead atoms. The van der Waals surface area contributed by atoms with Gasteiger partial charge in [0.25, 0.3) is 0 Å². The van der Waals surface area contributed by atoms with E-state index in [0.29, 0.717) is 12.5 Å². The summed E-state index contributed by atoms with van der Waals surface area (Å²) in [4.78, 5) is 6.59. The van der Waals surface area contributed by atoms with Gasteiger partial charge < -0.3 is 10.6 Å². The zero-order chi connectivity index (χ0) is 12.1. The molecule has 0 radical (unpaired) electrons. The molecule has 0 aromatic carbocycles. The molecular formula is C12H21N5. The van der Waals surface area contributed by atoms with Crippen LogP contribution in [0, 0.1) is 5.92 Å². The molecule has 0 amide bonds. The van der Waals surface area contributed by atoms with Gasteiger partial charge in [-0.2, -0.15) is 5.10 Å². The van der Waals surface area contributed by atoms with Gasteiger partial charge in [-0.3, -0.25) is 9.67 Å². The summed E-state index contributed by atoms with van der Waals surface area (Å²) in [6.07, 6.45) is 6.15. The van der Waals surface area contributed by atoms with Gasteiger partial charge in [0.2, 0.25) is 0 Å². The van der Waals surface area contributed by atoms with Crippen molar-refractivity contribution < 1.29 is 0 Å². The van der Waals surface area contributed by atoms with Crippen molar-refractivity contribution in [3.63, 3.8) is 0 Å². The first-order chi connectivity index (χ1) is 8.25. The summed E-state index contributed by atoms with van der Waals surface area (Å²) in [5.74, 6) is 1.51. The number of likely N-dealkylation sites (tertiary alicyclic amines) is 1. The Kier molecular flexibility index (Phi) is 4.01. The lowest BCUT2D eigenvalue weighted by Crippen LogP contribution is -2.42. The van der Waals surface area contributed by atoms with E-state index in [1.807, 2.05) is 16.9 Å². The van der Waals surface area contributed by atoms with E-state index in [1.54, 1.807) is 6.20 Å². The normalized spacial score (nSPS) is 18.6. The Labute approximate surface area is 102 Å². The molecule has 2 heterocycles. The molecule has 1 aromatic heterocycles. The van der Waals surface area contributed by atoms with E-state index in [2.05, 4.69) is 21.9 Å². The average Bonchev–Trinajstić information content (AvgIpc) is 2.83. The third-order valence-corrected chi connectivity index (χ3v) is 3.27. The molecule has 0 unspecified atom stereocenters. The number of hydrogen-bond acceptors (Lipinski definition) is 2. The fraction of sp³-hybridized carbons (Fsp3) is 0.667. The van der Waals surface area contributed by atoms with Crippen LogP contribution in [-0.2, 0) is 6.54 Å². The molecule has 17 heavy (non-hydrogen) atoms. The number of nitrogens with zero attached hydrogens (tertiary/aromatic N) is 4. The van der Waals surface area contributed by atoms with Gasteiger partial charge in [0, 0.05) is 25.5 Å². The zero-order valence-electron chi connectivity index (χ0n) is 10.4. The molecule has 2 rings (SSSR count). The first kappa shape index (κ1) is 12.0. The van der Waals surface area contributed by atoms with Crippen LogP contribution in [0.4, 0.5) is 0 Å². The van der Waals surface area contributed by atoms with E-state index in [1.165, 1.54) is 12.8 Å². The minimum absolute atomic E-state index is 0.684. The molecule has 5 nitrogen and oxygen atoms in total. The van der Waals surface area contributed by atoms with E-state index >= 15 is 0 Å². The standard InChI is InChI=1S/C12H21N5/c1-11-3-8-16(9-4-11)12(13)14-6-10-17-7-2-5-15-17/h2,5,7,11H,3-4,6,8-10H2,1H3,(H2,13,14). The van der Waals surface area contributed by atoms with Crippen molar-refractivity contribution in [3.05, 3.63) is 18.5 Å². The Morgan fingerprint density at radius 3 is 2.88 bits per heavy atom. The lowest BCUT2D eigenvalue weighted by molar-refractivity contribution is 0.277. The number of aromatic nitrogens is 2. The molecule has 94 valence electrons. The van der Waals surface area contributed by atoms with Crippen LogP contribution in [0.5, 0.6) is 0 Å². The molecular weight excluding hydrogens is 214 g/mol. The van der Waals surface area contributed by atoms with Gasteiger partial charge >= 0.3 is 0 Å². The largest absolute Gasteiger partial charge is 0.370 e. The molecule has 1 aliphatic heterocycles. The molecule has 0 saturated carbocycles. The number of piperidine rings is 1. The SMILES string of the molecule is CC1CCN(C(N)=NCCn2cccn2)CC1. The van der Waals surface area contributed by atoms with Gasteiger partial charge in [0.05, 0.1) is 13.1 Å². The maximum atomic E-state index is 5.98. The minimum Gasteiger partial charge on any atom is -0.370 e. The number of hydrogen-bond donors (Lipinski definition) is 1. The smallest absolute Gasteiger partial charge is 0.191 e. The van der Waals surface area contributed by atoms with Gasteiger partial charge in [0.1, 0.15) is 0 Å². The van der Waals surface area contributed by atoms with E-state index in [-0.39, 0.29) is 0 Å². The third kappa shape index (κ3) is 3.47. The predicted octanol–water partition coefficient (Wildman–Crippen LogP) is 0.930. The Bertz CT molecular complexity index is 349. The van der Waals surface area contributed by atoms with Crippen molar-refractivity contribution in [3.8, 4) is 0 Å². The second-order valence-electron chi connectivity index (χ2n) is 4.68. The first-order valence-corrected chi connectivity index (χ1v) is 6.28. The summed E-state index contributed by atoms with van der Waals surface area (Å²) >= 11 is 0. The van der Waals surface area contributed by atoms with Crippen LogP contribution in [0.2, 0.25) is 0 Å². The summed E-state index contributed by atoms with van der Waals surface area (Å²) in [5, 5.41) is 4.13. The number of rotatable bonds is 3. The maximum Gasteiger partial charge on any atom is 0.191 e. The fourth-order valence-electron chi connectivity index (χ4n) is 2.04. The monoisotopic (exact) mass is 235 g/mol. The van der Waals surface area contributed by atoms with Crippen molar-refractivity contribution in [2.24, 2.45) is 16.6 Å². The number of guanidine groups is 1. The summed E-state index contributed by atoms with van der Waals surface area (Å²) < 4.78 is 1.87. The average molecular weight is 235 g/mol. The minimum atomic E-state index is 0.684. The molecule has 1 fully saturated rings. The van der Waals surface area contributed by atoms with Crippen LogP contribution < -0.4 is 5.73 Å². The summed E-state index contributed by atoms with van der Waals surface area (Å²) in [6, 6.07) is 1.92. The molecule has 2 N–H and O–H groups in total. The molecule has 1 aliphatic rings. The lowest BCUT2D eigenvalue weighted by atomic mass is 10.00. The molecule has 5 heteroatoms. The molecule has 0 aliphatic carbocycles. The summed E-state index contributed by atoms with van der Waals surface area (Å²) in [5.41, 5.74) is 5.98. The van der Waals surface area contributed by atoms with Crippen molar-refractivity contribution in [1.82, 2.24) is 14.7 Å². The van der Waals surface area contributed by atoms with Crippen LogP contribution in [-0.4, -0.2) is 40.3 Å². The van der Waals surface area contributed by atoms with Crippen molar-refractivity contribution >= 4 is 5.96 Å². The van der Waals surface area contributed by atoms with Crippen molar-refractivity contribution in [1.29, 1.82) is 0 Å². The van der Waals surface area contributed by atoms with E-state index in [4.69, 9.17) is 5.73 Å². The fourth-order valence-corrected chi connectivity index (χ4v) is 2.04. The second kappa shape index (κ2) is 5.70. The Morgan fingerprint density at radius 2 is 2.24 bits per heavy atom. The van der Waals surface area contributed by atoms with Crippen molar-refractivity contribution in [2.75, 3.05) is 19.6 Å². The molecule has 0 atom stereocenters. The second-order valence-corrected chi connectivity index (χ2v) is 4.68. The Balaban J connectivity index is 1.77. The Hall–Kier alpha value is -1.52.